The number of aromatic nitrogens is 4. The maximum atomic E-state index is 11.8. The fraction of sp³-hybridized carbons (Fsp3) is 0.286. The highest BCUT2D eigenvalue weighted by Crippen LogP contribution is 2.38. The molecular formula is C35H33BrN4O3. The van der Waals surface area contributed by atoms with Gasteiger partial charge in [-0.3, -0.25) is 9.97 Å². The average Bonchev–Trinajstić information content (AvgIpc) is 3.67. The number of aromatic amines is 2. The van der Waals surface area contributed by atoms with Crippen LogP contribution in [0.1, 0.15) is 72.0 Å². The number of methoxy groups -OCH3 is 2. The molecule has 3 aromatic heterocycles. The van der Waals surface area contributed by atoms with Gasteiger partial charge < -0.3 is 19.4 Å². The van der Waals surface area contributed by atoms with Crippen LogP contribution in [0.4, 0.5) is 0 Å². The predicted octanol–water partition coefficient (Wildman–Crippen LogP) is 7.31. The Bertz CT molecular complexity index is 1990. The van der Waals surface area contributed by atoms with Crippen molar-refractivity contribution < 1.29 is 14.3 Å². The lowest BCUT2D eigenvalue weighted by Gasteiger charge is -2.16. The molecule has 4 aromatic rings. The van der Waals surface area contributed by atoms with E-state index in [0.29, 0.717) is 5.56 Å². The Kier molecular flexibility index (Phi) is 7.18. The maximum absolute atomic E-state index is 11.8. The van der Waals surface area contributed by atoms with Crippen LogP contribution in [0.5, 0.6) is 5.75 Å². The predicted molar refractivity (Wildman–Crippen MR) is 172 cm³/mol. The summed E-state index contributed by atoms with van der Waals surface area (Å²) in [6, 6.07) is 17.5. The molecule has 5 heterocycles. The third kappa shape index (κ3) is 5.57. The number of hydrogen-bond acceptors (Lipinski definition) is 5. The van der Waals surface area contributed by atoms with Gasteiger partial charge in [-0.05, 0) is 70.5 Å². The lowest BCUT2D eigenvalue weighted by Crippen LogP contribution is -2.15. The summed E-state index contributed by atoms with van der Waals surface area (Å²) in [5.41, 5.74) is 9.22. The van der Waals surface area contributed by atoms with E-state index in [2.05, 4.69) is 95.8 Å². The quantitative estimate of drug-likeness (QED) is 0.178. The number of halogens is 1. The van der Waals surface area contributed by atoms with Crippen LogP contribution in [0.25, 0.3) is 22.1 Å². The van der Waals surface area contributed by atoms with Gasteiger partial charge in [0, 0.05) is 61.8 Å². The van der Waals surface area contributed by atoms with Gasteiger partial charge in [0.05, 0.1) is 42.1 Å². The smallest absolute Gasteiger partial charge is 0.337 e. The third-order valence-corrected chi connectivity index (χ3v) is 8.66. The highest BCUT2D eigenvalue weighted by Gasteiger charge is 2.32. The average molecular weight is 638 g/mol. The van der Waals surface area contributed by atoms with Crippen LogP contribution in [-0.4, -0.2) is 40.1 Å². The standard InChI is InChI=1S/C35H33BrN4O3/c1-34(2)18-25-15-27-22(12-9-20-7-10-21(11-8-20)33(41)43-6)13-23(37-27)16-30-35(3,4)19-28(40-30)32(42-5)31-26(36)14-24(39-31)17-29(34)38-25/h7-8,10-11,13-17,37,39H,18-19H2,1-6H3. The molecule has 8 heteroatoms. The van der Waals surface area contributed by atoms with E-state index in [1.165, 1.54) is 7.11 Å². The minimum absolute atomic E-state index is 0.150. The van der Waals surface area contributed by atoms with Crippen molar-refractivity contribution in [1.82, 2.24) is 19.9 Å². The Balaban J connectivity index is 1.61. The summed E-state index contributed by atoms with van der Waals surface area (Å²) in [4.78, 5) is 29.1. The number of nitrogens with zero attached hydrogens (tertiary/aromatic N) is 2. The molecule has 0 atom stereocenters. The van der Waals surface area contributed by atoms with Crippen LogP contribution in [0, 0.1) is 11.8 Å². The van der Waals surface area contributed by atoms with Gasteiger partial charge in [-0.15, -0.1) is 0 Å². The summed E-state index contributed by atoms with van der Waals surface area (Å²) < 4.78 is 11.7. The molecule has 2 aliphatic rings. The van der Waals surface area contributed by atoms with Crippen LogP contribution in [0.15, 0.2) is 59.1 Å². The summed E-state index contributed by atoms with van der Waals surface area (Å²) in [6.45, 7) is 8.81. The second-order valence-electron chi connectivity index (χ2n) is 12.3. The van der Waals surface area contributed by atoms with Crippen molar-refractivity contribution in [2.75, 3.05) is 14.2 Å². The van der Waals surface area contributed by atoms with Crippen molar-refractivity contribution >= 4 is 44.0 Å². The van der Waals surface area contributed by atoms with E-state index in [-0.39, 0.29) is 16.8 Å². The first-order chi connectivity index (χ1) is 20.5. The lowest BCUT2D eigenvalue weighted by atomic mass is 9.87. The second-order valence-corrected chi connectivity index (χ2v) is 13.2. The Hall–Kier alpha value is -4.35. The van der Waals surface area contributed by atoms with Gasteiger partial charge in [0.1, 0.15) is 0 Å². The van der Waals surface area contributed by atoms with Crippen molar-refractivity contribution in [2.45, 2.75) is 51.4 Å². The zero-order chi connectivity index (χ0) is 30.5. The molecule has 1 aromatic carbocycles. The molecule has 43 heavy (non-hydrogen) atoms. The zero-order valence-corrected chi connectivity index (χ0v) is 26.7. The van der Waals surface area contributed by atoms with Crippen molar-refractivity contribution in [2.24, 2.45) is 0 Å². The van der Waals surface area contributed by atoms with Gasteiger partial charge in [-0.25, -0.2) is 4.79 Å². The number of carbonyl (C=O) groups is 1. The van der Waals surface area contributed by atoms with E-state index in [4.69, 9.17) is 19.4 Å². The number of rotatable bonds is 2. The van der Waals surface area contributed by atoms with E-state index >= 15 is 0 Å². The number of H-pyrrole nitrogens is 2. The Morgan fingerprint density at radius 3 is 2.23 bits per heavy atom. The van der Waals surface area contributed by atoms with Crippen LogP contribution in [0.3, 0.4) is 0 Å². The van der Waals surface area contributed by atoms with Crippen molar-refractivity contribution in [1.29, 1.82) is 0 Å². The lowest BCUT2D eigenvalue weighted by molar-refractivity contribution is 0.0600. The van der Waals surface area contributed by atoms with Gasteiger partial charge in [-0.2, -0.15) is 0 Å². The number of benzene rings is 1. The summed E-state index contributed by atoms with van der Waals surface area (Å²) in [6.07, 6.45) is 1.53. The van der Waals surface area contributed by atoms with Gasteiger partial charge >= 0.3 is 5.97 Å². The van der Waals surface area contributed by atoms with Crippen molar-refractivity contribution in [3.05, 3.63) is 98.5 Å². The van der Waals surface area contributed by atoms with E-state index in [1.54, 1.807) is 19.2 Å². The number of carbonyl (C=O) groups excluding carboxylic acids is 1. The molecule has 7 nitrogen and oxygen atoms in total. The van der Waals surface area contributed by atoms with Gasteiger partial charge in [0.15, 0.2) is 5.75 Å². The topological polar surface area (TPSA) is 92.9 Å². The van der Waals surface area contributed by atoms with E-state index in [9.17, 15) is 4.79 Å². The second kappa shape index (κ2) is 10.7. The summed E-state index contributed by atoms with van der Waals surface area (Å²) in [5.74, 6) is 6.95. The van der Waals surface area contributed by atoms with Gasteiger partial charge in [-0.1, -0.05) is 39.5 Å². The molecule has 0 spiro atoms. The number of hydrogen-bond donors (Lipinski definition) is 2. The molecule has 0 fully saturated rings. The Labute approximate surface area is 259 Å². The highest BCUT2D eigenvalue weighted by atomic mass is 79.9. The number of ether oxygens (including phenoxy) is 2. The number of nitrogens with one attached hydrogen (secondary N) is 2. The maximum Gasteiger partial charge on any atom is 0.337 e. The van der Waals surface area contributed by atoms with E-state index < -0.39 is 0 Å². The summed E-state index contributed by atoms with van der Waals surface area (Å²) in [7, 11) is 3.06. The van der Waals surface area contributed by atoms with Crippen LogP contribution >= 0.6 is 15.9 Å². The molecule has 8 bridgehead atoms. The normalized spacial score (nSPS) is 15.0. The third-order valence-electron chi connectivity index (χ3n) is 8.03. The Morgan fingerprint density at radius 1 is 0.860 bits per heavy atom. The van der Waals surface area contributed by atoms with Gasteiger partial charge in [0.25, 0.3) is 0 Å². The monoisotopic (exact) mass is 636 g/mol. The number of esters is 1. The molecule has 2 aliphatic heterocycles. The molecular weight excluding hydrogens is 604 g/mol. The van der Waals surface area contributed by atoms with Crippen LogP contribution in [0.2, 0.25) is 0 Å². The van der Waals surface area contributed by atoms with E-state index in [1.807, 2.05) is 12.1 Å². The largest absolute Gasteiger partial charge is 0.493 e. The molecule has 0 saturated carbocycles. The molecule has 6 rings (SSSR count). The SMILES string of the molecule is COC(=O)c1ccc(C#Cc2cc3cc4nc(c(OC)c5[nH]c(cc6nc(cc2[nH]3)CC6(C)C)cc5Br)CC4(C)C)cc1. The van der Waals surface area contributed by atoms with Gasteiger partial charge in [0.2, 0.25) is 0 Å². The Morgan fingerprint density at radius 2 is 1.53 bits per heavy atom. The first-order valence-corrected chi connectivity index (χ1v) is 14.9. The molecule has 0 saturated heterocycles. The summed E-state index contributed by atoms with van der Waals surface area (Å²) >= 11 is 3.74. The first-order valence-electron chi connectivity index (χ1n) is 14.1. The minimum atomic E-state index is -0.371. The molecule has 0 aliphatic carbocycles. The molecule has 218 valence electrons. The molecule has 0 amide bonds. The van der Waals surface area contributed by atoms with Crippen LogP contribution < -0.4 is 4.74 Å². The molecule has 0 unspecified atom stereocenters. The van der Waals surface area contributed by atoms with Crippen molar-refractivity contribution in [3.63, 3.8) is 0 Å². The molecule has 2 N–H and O–H groups in total. The first kappa shape index (κ1) is 28.8. The highest BCUT2D eigenvalue weighted by molar-refractivity contribution is 9.10. The number of fused-ring (bicyclic) bond motifs is 8. The minimum Gasteiger partial charge on any atom is -0.493 e. The summed E-state index contributed by atoms with van der Waals surface area (Å²) in [5, 5.41) is 0. The fourth-order valence-corrected chi connectivity index (χ4v) is 6.18. The molecule has 0 radical (unpaired) electrons. The van der Waals surface area contributed by atoms with Crippen molar-refractivity contribution in [3.8, 4) is 17.6 Å². The fourth-order valence-electron chi connectivity index (χ4n) is 5.66. The zero-order valence-electron chi connectivity index (χ0n) is 25.1. The van der Waals surface area contributed by atoms with Crippen LogP contribution in [-0.2, 0) is 28.4 Å². The van der Waals surface area contributed by atoms with E-state index in [0.717, 1.165) is 79.0 Å².